The molecule has 2 rings (SSSR count). The molecule has 4 nitrogen and oxygen atoms in total. The van der Waals surface area contributed by atoms with Crippen LogP contribution >= 0.6 is 0 Å². The number of oxime groups is 1. The minimum atomic E-state index is 0.698. The van der Waals surface area contributed by atoms with Crippen molar-refractivity contribution in [2.45, 2.75) is 31.7 Å². The number of likely N-dealkylation sites (tertiary alicyclic amines) is 1. The first-order valence-corrected chi connectivity index (χ1v) is 5.42. The lowest BCUT2D eigenvalue weighted by molar-refractivity contribution is 0.0335. The van der Waals surface area contributed by atoms with E-state index in [0.717, 1.165) is 57.7 Å². The minimum absolute atomic E-state index is 0.698. The van der Waals surface area contributed by atoms with Gasteiger partial charge in [-0.15, -0.1) is 0 Å². The molecule has 0 spiro atoms. The van der Waals surface area contributed by atoms with Crippen molar-refractivity contribution < 1.29 is 9.94 Å². The average molecular weight is 198 g/mol. The molecule has 14 heavy (non-hydrogen) atoms. The van der Waals surface area contributed by atoms with E-state index in [1.54, 1.807) is 0 Å². The van der Waals surface area contributed by atoms with E-state index in [0.29, 0.717) is 6.04 Å². The van der Waals surface area contributed by atoms with Crippen molar-refractivity contribution in [2.75, 3.05) is 26.3 Å². The van der Waals surface area contributed by atoms with Crippen LogP contribution in [0.5, 0.6) is 0 Å². The van der Waals surface area contributed by atoms with Crippen LogP contribution < -0.4 is 0 Å². The Labute approximate surface area is 84.5 Å². The topological polar surface area (TPSA) is 45.1 Å². The highest BCUT2D eigenvalue weighted by Gasteiger charge is 2.24. The molecule has 80 valence electrons. The van der Waals surface area contributed by atoms with Crippen LogP contribution in [0, 0.1) is 0 Å². The summed E-state index contributed by atoms with van der Waals surface area (Å²) in [4.78, 5) is 2.51. The van der Waals surface area contributed by atoms with E-state index < -0.39 is 0 Å². The fourth-order valence-corrected chi connectivity index (χ4v) is 2.30. The Morgan fingerprint density at radius 1 is 1.21 bits per heavy atom. The summed E-state index contributed by atoms with van der Waals surface area (Å²) in [6.07, 6.45) is 4.17. The average Bonchev–Trinajstić information content (AvgIpc) is 2.30. The van der Waals surface area contributed by atoms with Crippen molar-refractivity contribution in [1.82, 2.24) is 4.90 Å². The Hall–Kier alpha value is -0.610. The van der Waals surface area contributed by atoms with Gasteiger partial charge in [0.05, 0.1) is 5.71 Å². The molecule has 4 heteroatoms. The van der Waals surface area contributed by atoms with Gasteiger partial charge in [0.25, 0.3) is 0 Å². The molecule has 2 saturated heterocycles. The first-order valence-electron chi connectivity index (χ1n) is 5.42. The monoisotopic (exact) mass is 198 g/mol. The van der Waals surface area contributed by atoms with Gasteiger partial charge in [0, 0.05) is 45.2 Å². The molecule has 0 aromatic rings. The summed E-state index contributed by atoms with van der Waals surface area (Å²) in [5.41, 5.74) is 0.952. The van der Waals surface area contributed by atoms with Gasteiger partial charge in [0.1, 0.15) is 0 Å². The first kappa shape index (κ1) is 9.93. The Morgan fingerprint density at radius 2 is 1.86 bits per heavy atom. The number of piperidine rings is 1. The molecule has 0 saturated carbocycles. The molecule has 2 heterocycles. The van der Waals surface area contributed by atoms with Crippen molar-refractivity contribution in [2.24, 2.45) is 5.16 Å². The third kappa shape index (κ3) is 2.25. The van der Waals surface area contributed by atoms with Gasteiger partial charge >= 0.3 is 0 Å². The molecule has 0 aromatic heterocycles. The SMILES string of the molecule is ON=C1CCN(C2CCOCC2)CC1. The van der Waals surface area contributed by atoms with Crippen LogP contribution in [0.1, 0.15) is 25.7 Å². The van der Waals surface area contributed by atoms with Gasteiger partial charge < -0.3 is 9.94 Å². The maximum Gasteiger partial charge on any atom is 0.0596 e. The summed E-state index contributed by atoms with van der Waals surface area (Å²) in [7, 11) is 0. The molecule has 2 aliphatic heterocycles. The predicted octanol–water partition coefficient (Wildman–Crippen LogP) is 1.09. The standard InChI is InChI=1S/C10H18N2O2/c13-11-9-1-5-12(6-2-9)10-3-7-14-8-4-10/h10,13H,1-8H2. The molecular formula is C10H18N2O2. The third-order valence-electron chi connectivity index (χ3n) is 3.22. The lowest BCUT2D eigenvalue weighted by Crippen LogP contribution is -2.44. The zero-order valence-corrected chi connectivity index (χ0v) is 8.48. The van der Waals surface area contributed by atoms with Crippen molar-refractivity contribution in [1.29, 1.82) is 0 Å². The van der Waals surface area contributed by atoms with Crippen LogP contribution in [0.25, 0.3) is 0 Å². The van der Waals surface area contributed by atoms with E-state index in [-0.39, 0.29) is 0 Å². The van der Waals surface area contributed by atoms with Crippen molar-refractivity contribution in [3.05, 3.63) is 0 Å². The van der Waals surface area contributed by atoms with Crippen molar-refractivity contribution in [3.8, 4) is 0 Å². The number of hydrogen-bond donors (Lipinski definition) is 1. The maximum atomic E-state index is 8.64. The Kier molecular flexibility index (Phi) is 3.37. The quantitative estimate of drug-likeness (QED) is 0.507. The van der Waals surface area contributed by atoms with Crippen molar-refractivity contribution in [3.63, 3.8) is 0 Å². The molecule has 0 amide bonds. The van der Waals surface area contributed by atoms with E-state index in [1.165, 1.54) is 0 Å². The van der Waals surface area contributed by atoms with Crippen LogP contribution in [-0.4, -0.2) is 48.2 Å². The fourth-order valence-electron chi connectivity index (χ4n) is 2.30. The van der Waals surface area contributed by atoms with Gasteiger partial charge in [-0.3, -0.25) is 4.90 Å². The maximum absolute atomic E-state index is 8.64. The van der Waals surface area contributed by atoms with Crippen molar-refractivity contribution >= 4 is 5.71 Å². The molecule has 2 aliphatic rings. The Balaban J connectivity index is 1.82. The Morgan fingerprint density at radius 3 is 2.43 bits per heavy atom. The zero-order valence-electron chi connectivity index (χ0n) is 8.48. The smallest absolute Gasteiger partial charge is 0.0596 e. The van der Waals surface area contributed by atoms with Crippen LogP contribution in [0.2, 0.25) is 0 Å². The van der Waals surface area contributed by atoms with Crippen LogP contribution in [0.4, 0.5) is 0 Å². The number of ether oxygens (including phenoxy) is 1. The lowest BCUT2D eigenvalue weighted by Gasteiger charge is -2.36. The molecule has 0 aliphatic carbocycles. The van der Waals surface area contributed by atoms with Gasteiger partial charge in [0.15, 0.2) is 0 Å². The van der Waals surface area contributed by atoms with E-state index in [1.807, 2.05) is 0 Å². The summed E-state index contributed by atoms with van der Waals surface area (Å²) in [5.74, 6) is 0. The second-order valence-corrected chi connectivity index (χ2v) is 4.05. The summed E-state index contributed by atoms with van der Waals surface area (Å²) in [6.45, 7) is 3.90. The molecule has 0 atom stereocenters. The van der Waals surface area contributed by atoms with Crippen LogP contribution in [0.15, 0.2) is 5.16 Å². The lowest BCUT2D eigenvalue weighted by atomic mass is 10.0. The highest BCUT2D eigenvalue weighted by molar-refractivity contribution is 5.84. The molecule has 0 radical (unpaired) electrons. The number of nitrogens with zero attached hydrogens (tertiary/aromatic N) is 2. The fraction of sp³-hybridized carbons (Fsp3) is 0.900. The van der Waals surface area contributed by atoms with E-state index in [4.69, 9.17) is 9.94 Å². The first-order chi connectivity index (χ1) is 6.90. The summed E-state index contributed by atoms with van der Waals surface area (Å²) in [6, 6.07) is 0.698. The predicted molar refractivity (Wildman–Crippen MR) is 53.9 cm³/mol. The largest absolute Gasteiger partial charge is 0.411 e. The second kappa shape index (κ2) is 4.75. The third-order valence-corrected chi connectivity index (χ3v) is 3.22. The van der Waals surface area contributed by atoms with Crippen LogP contribution in [0.3, 0.4) is 0 Å². The molecule has 1 N–H and O–H groups in total. The highest BCUT2D eigenvalue weighted by atomic mass is 16.5. The molecule has 0 unspecified atom stereocenters. The number of hydrogen-bond acceptors (Lipinski definition) is 4. The van der Waals surface area contributed by atoms with Crippen LogP contribution in [-0.2, 0) is 4.74 Å². The number of rotatable bonds is 1. The van der Waals surface area contributed by atoms with E-state index in [9.17, 15) is 0 Å². The molecule has 0 aromatic carbocycles. The van der Waals surface area contributed by atoms with Gasteiger partial charge in [-0.25, -0.2) is 0 Å². The summed E-state index contributed by atoms with van der Waals surface area (Å²) in [5, 5.41) is 11.9. The normalized spacial score (nSPS) is 26.4. The molecular weight excluding hydrogens is 180 g/mol. The Bertz CT molecular complexity index is 202. The summed E-state index contributed by atoms with van der Waals surface area (Å²) >= 11 is 0. The van der Waals surface area contributed by atoms with Gasteiger partial charge in [-0.1, -0.05) is 5.16 Å². The molecule has 0 bridgehead atoms. The van der Waals surface area contributed by atoms with E-state index >= 15 is 0 Å². The van der Waals surface area contributed by atoms with Gasteiger partial charge in [-0.2, -0.15) is 0 Å². The minimum Gasteiger partial charge on any atom is -0.411 e. The van der Waals surface area contributed by atoms with Gasteiger partial charge in [-0.05, 0) is 12.8 Å². The molecule has 2 fully saturated rings. The summed E-state index contributed by atoms with van der Waals surface area (Å²) < 4.78 is 5.34. The second-order valence-electron chi connectivity index (χ2n) is 4.05. The van der Waals surface area contributed by atoms with Gasteiger partial charge in [0.2, 0.25) is 0 Å². The highest BCUT2D eigenvalue weighted by Crippen LogP contribution is 2.18. The zero-order chi connectivity index (χ0) is 9.80. The van der Waals surface area contributed by atoms with E-state index in [2.05, 4.69) is 10.1 Å².